The summed E-state index contributed by atoms with van der Waals surface area (Å²) >= 11 is 6.21. The van der Waals surface area contributed by atoms with E-state index in [1.807, 2.05) is 0 Å². The predicted octanol–water partition coefficient (Wildman–Crippen LogP) is 4.09. The normalized spacial score (nSPS) is 17.7. The van der Waals surface area contributed by atoms with Crippen LogP contribution in [0.5, 0.6) is 17.2 Å². The molecule has 3 aromatic rings. The average Bonchev–Trinajstić information content (AvgIpc) is 2.72. The molecule has 168 valence electrons. The number of aliphatic carboxylic acids is 1. The minimum atomic E-state index is -0.809. The molecule has 1 aliphatic carbocycles. The number of phenolic OH excluding ortho intramolecular Hbond substituents is 1. The highest BCUT2D eigenvalue weighted by molar-refractivity contribution is 6.34. The fourth-order valence-electron chi connectivity index (χ4n) is 3.57. The van der Waals surface area contributed by atoms with Crippen molar-refractivity contribution in [2.45, 2.75) is 18.9 Å². The van der Waals surface area contributed by atoms with E-state index >= 15 is 0 Å². The zero-order valence-electron chi connectivity index (χ0n) is 17.2. The summed E-state index contributed by atoms with van der Waals surface area (Å²) in [5.74, 6) is -0.659. The Morgan fingerprint density at radius 2 is 1.97 bits per heavy atom. The third-order valence-electron chi connectivity index (χ3n) is 5.39. The first kappa shape index (κ1) is 22.0. The zero-order chi connectivity index (χ0) is 22.8. The Morgan fingerprint density at radius 1 is 1.19 bits per heavy atom. The van der Waals surface area contributed by atoms with E-state index in [0.29, 0.717) is 28.8 Å². The van der Waals surface area contributed by atoms with Gasteiger partial charge in [-0.15, -0.1) is 0 Å². The highest BCUT2D eigenvalue weighted by Gasteiger charge is 2.35. The lowest BCUT2D eigenvalue weighted by molar-refractivity contribution is -0.151. The van der Waals surface area contributed by atoms with Crippen LogP contribution >= 0.6 is 11.6 Å². The number of methoxy groups -OCH3 is 1. The first-order valence-corrected chi connectivity index (χ1v) is 10.4. The molecule has 1 aromatic heterocycles. The number of ether oxygens (including phenoxy) is 3. The van der Waals surface area contributed by atoms with Crippen LogP contribution in [0.1, 0.15) is 12.8 Å². The van der Waals surface area contributed by atoms with E-state index < -0.39 is 5.97 Å². The Hall–Kier alpha value is -3.23. The summed E-state index contributed by atoms with van der Waals surface area (Å²) in [7, 11) is 1.41. The van der Waals surface area contributed by atoms with Crippen LogP contribution in [0, 0.1) is 5.92 Å². The van der Waals surface area contributed by atoms with Crippen molar-refractivity contribution >= 4 is 28.5 Å². The van der Waals surface area contributed by atoms with Gasteiger partial charge in [0.05, 0.1) is 41.7 Å². The first-order chi connectivity index (χ1) is 15.4. The minimum Gasteiger partial charge on any atom is -0.504 e. The largest absolute Gasteiger partial charge is 0.504 e. The summed E-state index contributed by atoms with van der Waals surface area (Å²) in [5.41, 5.74) is 0.368. The van der Waals surface area contributed by atoms with Gasteiger partial charge in [0.15, 0.2) is 22.5 Å². The van der Waals surface area contributed by atoms with E-state index in [9.17, 15) is 14.7 Å². The number of aromatic hydroxyl groups is 1. The number of halogens is 1. The Bertz CT molecular complexity index is 1210. The lowest BCUT2D eigenvalue weighted by Crippen LogP contribution is -2.37. The standard InChI is InChI=1S/C23H21ClO8/c1-29-21-9-15(20-10-17(25)14-3-2-4-16(24)22(14)32-20)19(11-18(21)26)31-6-5-30-13-7-12(8-13)23(27)28/h2-4,9-13,26H,5-8H2,1H3,(H,27,28)/t12-,13+. The van der Waals surface area contributed by atoms with Gasteiger partial charge in [-0.05, 0) is 31.0 Å². The monoisotopic (exact) mass is 460 g/mol. The molecule has 32 heavy (non-hydrogen) atoms. The summed E-state index contributed by atoms with van der Waals surface area (Å²) in [6.07, 6.45) is 0.851. The second kappa shape index (κ2) is 9.10. The van der Waals surface area contributed by atoms with Crippen molar-refractivity contribution in [3.05, 3.63) is 51.6 Å². The number of hydrogen-bond acceptors (Lipinski definition) is 7. The van der Waals surface area contributed by atoms with E-state index in [-0.39, 0.29) is 59.3 Å². The van der Waals surface area contributed by atoms with Crippen LogP contribution < -0.4 is 14.9 Å². The van der Waals surface area contributed by atoms with Gasteiger partial charge in [0.1, 0.15) is 18.1 Å². The fourth-order valence-corrected chi connectivity index (χ4v) is 3.78. The molecular formula is C23H21ClO8. The molecule has 1 heterocycles. The molecule has 0 bridgehead atoms. The number of fused-ring (bicyclic) bond motifs is 1. The number of para-hydroxylation sites is 1. The summed E-state index contributed by atoms with van der Waals surface area (Å²) in [4.78, 5) is 23.5. The smallest absolute Gasteiger partial charge is 0.306 e. The van der Waals surface area contributed by atoms with Gasteiger partial charge in [-0.2, -0.15) is 0 Å². The van der Waals surface area contributed by atoms with Gasteiger partial charge in [0, 0.05) is 12.1 Å². The van der Waals surface area contributed by atoms with Gasteiger partial charge in [-0.3, -0.25) is 9.59 Å². The zero-order valence-corrected chi connectivity index (χ0v) is 17.9. The van der Waals surface area contributed by atoms with Crippen LogP contribution in [0.4, 0.5) is 0 Å². The molecule has 1 saturated carbocycles. The molecular weight excluding hydrogens is 440 g/mol. The van der Waals surface area contributed by atoms with E-state index in [4.69, 9.17) is 35.3 Å². The van der Waals surface area contributed by atoms with Gasteiger partial charge >= 0.3 is 5.97 Å². The molecule has 0 saturated heterocycles. The molecule has 9 heteroatoms. The van der Waals surface area contributed by atoms with E-state index in [1.54, 1.807) is 18.2 Å². The minimum absolute atomic E-state index is 0.107. The lowest BCUT2D eigenvalue weighted by Gasteiger charge is -2.32. The maximum atomic E-state index is 12.6. The quantitative estimate of drug-likeness (QED) is 0.483. The molecule has 0 aliphatic heterocycles. The first-order valence-electron chi connectivity index (χ1n) is 9.98. The molecule has 4 rings (SSSR count). The molecule has 0 amide bonds. The molecule has 8 nitrogen and oxygen atoms in total. The molecule has 0 unspecified atom stereocenters. The summed E-state index contributed by atoms with van der Waals surface area (Å²) < 4.78 is 22.5. The maximum Gasteiger partial charge on any atom is 0.306 e. The van der Waals surface area contributed by atoms with Crippen LogP contribution in [0.2, 0.25) is 5.02 Å². The number of carboxylic acid groups (broad SMARTS) is 1. The maximum absolute atomic E-state index is 12.6. The van der Waals surface area contributed by atoms with Crippen molar-refractivity contribution in [3.63, 3.8) is 0 Å². The number of benzene rings is 2. The van der Waals surface area contributed by atoms with Crippen LogP contribution in [-0.2, 0) is 9.53 Å². The number of carboxylic acids is 1. The van der Waals surface area contributed by atoms with Crippen LogP contribution in [0.15, 0.2) is 45.6 Å². The van der Waals surface area contributed by atoms with Crippen molar-refractivity contribution in [1.82, 2.24) is 0 Å². The van der Waals surface area contributed by atoms with E-state index in [2.05, 4.69) is 0 Å². The lowest BCUT2D eigenvalue weighted by atomic mass is 9.82. The Balaban J connectivity index is 1.57. The highest BCUT2D eigenvalue weighted by Crippen LogP contribution is 2.40. The predicted molar refractivity (Wildman–Crippen MR) is 117 cm³/mol. The number of rotatable bonds is 8. The van der Waals surface area contributed by atoms with E-state index in [1.165, 1.54) is 25.3 Å². The van der Waals surface area contributed by atoms with Gasteiger partial charge < -0.3 is 28.8 Å². The van der Waals surface area contributed by atoms with Crippen molar-refractivity contribution in [3.8, 4) is 28.6 Å². The molecule has 2 aromatic carbocycles. The van der Waals surface area contributed by atoms with Crippen LogP contribution in [0.3, 0.4) is 0 Å². The van der Waals surface area contributed by atoms with E-state index in [0.717, 1.165) is 0 Å². The summed E-state index contributed by atoms with van der Waals surface area (Å²) in [5, 5.41) is 19.8. The Morgan fingerprint density at radius 3 is 2.69 bits per heavy atom. The second-order valence-corrected chi connectivity index (χ2v) is 7.87. The summed E-state index contributed by atoms with van der Waals surface area (Å²) in [6, 6.07) is 9.12. The molecule has 1 aliphatic rings. The van der Waals surface area contributed by atoms with Gasteiger partial charge in [-0.1, -0.05) is 17.7 Å². The number of phenols is 1. The van der Waals surface area contributed by atoms with Gasteiger partial charge in [-0.25, -0.2) is 0 Å². The molecule has 2 N–H and O–H groups in total. The second-order valence-electron chi connectivity index (χ2n) is 7.46. The van der Waals surface area contributed by atoms with Crippen LogP contribution in [0.25, 0.3) is 22.3 Å². The topological polar surface area (TPSA) is 115 Å². The average molecular weight is 461 g/mol. The van der Waals surface area contributed by atoms with Gasteiger partial charge in [0.2, 0.25) is 0 Å². The van der Waals surface area contributed by atoms with Crippen LogP contribution in [-0.4, -0.2) is 42.6 Å². The molecule has 0 radical (unpaired) electrons. The van der Waals surface area contributed by atoms with Crippen molar-refractivity contribution in [1.29, 1.82) is 0 Å². The third-order valence-corrected chi connectivity index (χ3v) is 5.69. The molecule has 0 atom stereocenters. The Labute approximate surface area is 187 Å². The van der Waals surface area contributed by atoms with Crippen molar-refractivity contribution in [2.24, 2.45) is 5.92 Å². The van der Waals surface area contributed by atoms with Crippen molar-refractivity contribution < 1.29 is 33.6 Å². The summed E-state index contributed by atoms with van der Waals surface area (Å²) in [6.45, 7) is 0.377. The highest BCUT2D eigenvalue weighted by atomic mass is 35.5. The van der Waals surface area contributed by atoms with Crippen molar-refractivity contribution in [2.75, 3.05) is 20.3 Å². The molecule has 1 fully saturated rings. The number of carbonyl (C=O) groups is 1. The molecule has 0 spiro atoms. The SMILES string of the molecule is COc1cc(-c2cc(=O)c3cccc(Cl)c3o2)c(OCCO[C@H]2C[C@@H](C(=O)O)C2)cc1O. The third kappa shape index (κ3) is 4.37. The Kier molecular flexibility index (Phi) is 6.25. The number of hydrogen-bond donors (Lipinski definition) is 2. The fraction of sp³-hybridized carbons (Fsp3) is 0.304. The van der Waals surface area contributed by atoms with Gasteiger partial charge in [0.25, 0.3) is 0 Å².